The van der Waals surface area contributed by atoms with E-state index in [1.54, 1.807) is 18.2 Å². The maximum absolute atomic E-state index is 12.1. The summed E-state index contributed by atoms with van der Waals surface area (Å²) in [5.41, 5.74) is 2.95. The zero-order valence-corrected chi connectivity index (χ0v) is 14.2. The van der Waals surface area contributed by atoms with Crippen molar-refractivity contribution < 1.29 is 23.5 Å². The predicted molar refractivity (Wildman–Crippen MR) is 93.2 cm³/mol. The van der Waals surface area contributed by atoms with Gasteiger partial charge in [-0.2, -0.15) is 0 Å². The van der Waals surface area contributed by atoms with Gasteiger partial charge < -0.3 is 18.7 Å². The monoisotopic (exact) mass is 351 g/mol. The summed E-state index contributed by atoms with van der Waals surface area (Å²) in [7, 11) is 0. The van der Waals surface area contributed by atoms with E-state index in [9.17, 15) is 4.79 Å². The molecule has 0 radical (unpaired) electrons. The van der Waals surface area contributed by atoms with E-state index in [0.29, 0.717) is 41.7 Å². The Labute approximate surface area is 150 Å². The zero-order valence-electron chi connectivity index (χ0n) is 14.2. The Kier molecular flexibility index (Phi) is 4.31. The van der Waals surface area contributed by atoms with Crippen LogP contribution in [0.3, 0.4) is 0 Å². The van der Waals surface area contributed by atoms with E-state index in [4.69, 9.17) is 18.7 Å². The topological polar surface area (TPSA) is 70.8 Å². The summed E-state index contributed by atoms with van der Waals surface area (Å²) < 4.78 is 21.7. The van der Waals surface area contributed by atoms with Gasteiger partial charge in [0.25, 0.3) is 0 Å². The highest BCUT2D eigenvalue weighted by Crippen LogP contribution is 2.34. The smallest absolute Gasteiger partial charge is 0.338 e. The third kappa shape index (κ3) is 3.39. The average Bonchev–Trinajstić information content (AvgIpc) is 3.15. The van der Waals surface area contributed by atoms with Gasteiger partial charge in [-0.3, -0.25) is 0 Å². The number of aryl methyl sites for hydroxylation is 1. The summed E-state index contributed by atoms with van der Waals surface area (Å²) in [6.45, 7) is 3.07. The van der Waals surface area contributed by atoms with Gasteiger partial charge in [0.1, 0.15) is 25.5 Å². The second-order valence-electron chi connectivity index (χ2n) is 5.98. The Balaban J connectivity index is 1.43. The normalized spacial score (nSPS) is 12.7. The van der Waals surface area contributed by atoms with Crippen LogP contribution >= 0.6 is 0 Å². The first kappa shape index (κ1) is 16.2. The van der Waals surface area contributed by atoms with Crippen LogP contribution in [0.25, 0.3) is 11.3 Å². The van der Waals surface area contributed by atoms with Gasteiger partial charge in [0, 0.05) is 11.6 Å². The number of carbonyl (C=O) groups excluding carboxylic acids is 1. The molecule has 1 aliphatic rings. The number of benzene rings is 2. The maximum atomic E-state index is 12.1. The van der Waals surface area contributed by atoms with E-state index in [-0.39, 0.29) is 6.61 Å². The number of hydrogen-bond donors (Lipinski definition) is 0. The van der Waals surface area contributed by atoms with E-state index < -0.39 is 5.97 Å². The molecule has 0 spiro atoms. The number of aromatic nitrogens is 1. The number of nitrogens with zero attached hydrogens (tertiary/aromatic N) is 1. The van der Waals surface area contributed by atoms with Gasteiger partial charge in [0.2, 0.25) is 0 Å². The molecule has 0 unspecified atom stereocenters. The lowest BCUT2D eigenvalue weighted by molar-refractivity contribution is 0.0464. The fourth-order valence-electron chi connectivity index (χ4n) is 2.62. The summed E-state index contributed by atoms with van der Waals surface area (Å²) in [5, 5.41) is 3.96. The summed E-state index contributed by atoms with van der Waals surface area (Å²) in [6.07, 6.45) is 0. The lowest BCUT2D eigenvalue weighted by Crippen LogP contribution is -2.15. The van der Waals surface area contributed by atoms with Crippen molar-refractivity contribution >= 4 is 5.97 Å². The number of hydrogen-bond acceptors (Lipinski definition) is 6. The minimum absolute atomic E-state index is 0.0424. The van der Waals surface area contributed by atoms with Crippen LogP contribution in [0.5, 0.6) is 11.5 Å². The van der Waals surface area contributed by atoms with E-state index >= 15 is 0 Å². The number of esters is 1. The quantitative estimate of drug-likeness (QED) is 0.666. The highest BCUT2D eigenvalue weighted by atomic mass is 16.6. The third-order valence-electron chi connectivity index (χ3n) is 4.02. The highest BCUT2D eigenvalue weighted by molar-refractivity contribution is 5.89. The van der Waals surface area contributed by atoms with Crippen LogP contribution in [0, 0.1) is 6.92 Å². The van der Waals surface area contributed by atoms with Gasteiger partial charge in [-0.05, 0) is 37.3 Å². The molecule has 0 saturated carbocycles. The fraction of sp³-hybridized carbons (Fsp3) is 0.200. The second kappa shape index (κ2) is 6.92. The Morgan fingerprint density at radius 1 is 1.04 bits per heavy atom. The fourth-order valence-corrected chi connectivity index (χ4v) is 2.62. The van der Waals surface area contributed by atoms with Crippen LogP contribution in [-0.2, 0) is 11.3 Å². The van der Waals surface area contributed by atoms with Gasteiger partial charge in [-0.1, -0.05) is 22.9 Å². The maximum Gasteiger partial charge on any atom is 0.338 e. The second-order valence-corrected chi connectivity index (χ2v) is 5.98. The first-order valence-electron chi connectivity index (χ1n) is 8.28. The molecule has 2 aromatic carbocycles. The van der Waals surface area contributed by atoms with Crippen LogP contribution in [-0.4, -0.2) is 24.3 Å². The SMILES string of the molecule is Cc1ccc(C(=O)OCc2cc(-c3ccc4c(c3)OCCO4)on2)cc1. The number of carbonyl (C=O) groups is 1. The van der Waals surface area contributed by atoms with Crippen molar-refractivity contribution in [1.29, 1.82) is 0 Å². The standard InChI is InChI=1S/C20H17NO5/c1-13-2-4-14(5-3-13)20(22)25-12-16-11-18(26-21-16)15-6-7-17-19(10-15)24-9-8-23-17/h2-7,10-11H,8-9,12H2,1H3. The summed E-state index contributed by atoms with van der Waals surface area (Å²) in [4.78, 5) is 12.1. The van der Waals surface area contributed by atoms with E-state index in [0.717, 1.165) is 11.1 Å². The molecule has 4 rings (SSSR count). The van der Waals surface area contributed by atoms with Gasteiger partial charge in [-0.15, -0.1) is 0 Å². The van der Waals surface area contributed by atoms with Crippen molar-refractivity contribution in [2.24, 2.45) is 0 Å². The molecule has 6 nitrogen and oxygen atoms in total. The molecule has 0 aliphatic carbocycles. The first-order chi connectivity index (χ1) is 12.7. The molecule has 26 heavy (non-hydrogen) atoms. The predicted octanol–water partition coefficient (Wildman–Crippen LogP) is 3.78. The van der Waals surface area contributed by atoms with Crippen molar-refractivity contribution in [1.82, 2.24) is 5.16 Å². The lowest BCUT2D eigenvalue weighted by Gasteiger charge is -2.18. The van der Waals surface area contributed by atoms with Gasteiger partial charge in [-0.25, -0.2) is 4.79 Å². The molecule has 1 aromatic heterocycles. The molecule has 0 fully saturated rings. The molecular weight excluding hydrogens is 334 g/mol. The summed E-state index contributed by atoms with van der Waals surface area (Å²) in [6, 6.07) is 14.5. The summed E-state index contributed by atoms with van der Waals surface area (Å²) >= 11 is 0. The molecule has 0 amide bonds. The molecule has 1 aliphatic heterocycles. The molecule has 0 atom stereocenters. The largest absolute Gasteiger partial charge is 0.486 e. The minimum Gasteiger partial charge on any atom is -0.486 e. The number of rotatable bonds is 4. The van der Waals surface area contributed by atoms with Crippen LogP contribution in [0.1, 0.15) is 21.6 Å². The van der Waals surface area contributed by atoms with Gasteiger partial charge in [0.05, 0.1) is 5.56 Å². The summed E-state index contributed by atoms with van der Waals surface area (Å²) in [5.74, 6) is 1.57. The Morgan fingerprint density at radius 2 is 1.81 bits per heavy atom. The van der Waals surface area contributed by atoms with Gasteiger partial charge in [0.15, 0.2) is 17.3 Å². The zero-order chi connectivity index (χ0) is 17.9. The molecular formula is C20H17NO5. The highest BCUT2D eigenvalue weighted by Gasteiger charge is 2.15. The first-order valence-corrected chi connectivity index (χ1v) is 8.28. The van der Waals surface area contributed by atoms with Crippen molar-refractivity contribution in [2.75, 3.05) is 13.2 Å². The number of fused-ring (bicyclic) bond motifs is 1. The van der Waals surface area contributed by atoms with Crippen molar-refractivity contribution in [3.63, 3.8) is 0 Å². The number of ether oxygens (including phenoxy) is 3. The van der Waals surface area contributed by atoms with E-state index in [1.807, 2.05) is 37.3 Å². The van der Waals surface area contributed by atoms with Crippen LogP contribution in [0.15, 0.2) is 53.1 Å². The van der Waals surface area contributed by atoms with E-state index in [2.05, 4.69) is 5.16 Å². The Hall–Kier alpha value is -3.28. The van der Waals surface area contributed by atoms with E-state index in [1.165, 1.54) is 0 Å². The average molecular weight is 351 g/mol. The van der Waals surface area contributed by atoms with Crippen molar-refractivity contribution in [3.8, 4) is 22.8 Å². The molecule has 2 heterocycles. The van der Waals surface area contributed by atoms with Crippen molar-refractivity contribution in [2.45, 2.75) is 13.5 Å². The molecule has 6 heteroatoms. The molecule has 0 bridgehead atoms. The van der Waals surface area contributed by atoms with Gasteiger partial charge >= 0.3 is 5.97 Å². The van der Waals surface area contributed by atoms with Crippen molar-refractivity contribution in [3.05, 3.63) is 65.4 Å². The molecule has 3 aromatic rings. The van der Waals surface area contributed by atoms with Crippen LogP contribution in [0.4, 0.5) is 0 Å². The Morgan fingerprint density at radius 3 is 2.62 bits per heavy atom. The van der Waals surface area contributed by atoms with Crippen LogP contribution < -0.4 is 9.47 Å². The minimum atomic E-state index is -0.395. The Bertz CT molecular complexity index is 930. The molecule has 132 valence electrons. The molecule has 0 saturated heterocycles. The lowest BCUT2D eigenvalue weighted by atomic mass is 10.1. The molecule has 0 N–H and O–H groups in total. The third-order valence-corrected chi connectivity index (χ3v) is 4.02. The van der Waals surface area contributed by atoms with Crippen LogP contribution in [0.2, 0.25) is 0 Å².